The van der Waals surface area contributed by atoms with Crippen LogP contribution in [0.2, 0.25) is 0 Å². The van der Waals surface area contributed by atoms with Crippen LogP contribution in [-0.4, -0.2) is 47.8 Å². The largest absolute Gasteiger partial charge is 0.493 e. The van der Waals surface area contributed by atoms with Crippen molar-refractivity contribution in [2.75, 3.05) is 49.2 Å². The van der Waals surface area contributed by atoms with Gasteiger partial charge >= 0.3 is 0 Å². The Labute approximate surface area is 275 Å². The predicted molar refractivity (Wildman–Crippen MR) is 194 cm³/mol. The molecule has 0 fully saturated rings. The van der Waals surface area contributed by atoms with E-state index in [9.17, 15) is 8.42 Å². The number of hydrogen-bond acceptors (Lipinski definition) is 6. The van der Waals surface area contributed by atoms with Crippen molar-refractivity contribution in [3.05, 3.63) is 108 Å². The minimum absolute atomic E-state index is 0.296. The van der Waals surface area contributed by atoms with Crippen molar-refractivity contribution >= 4 is 38.1 Å². The molecule has 4 rings (SSSR count). The van der Waals surface area contributed by atoms with Crippen LogP contribution in [0.5, 0.6) is 11.5 Å². The first-order valence-electron chi connectivity index (χ1n) is 16.4. The van der Waals surface area contributed by atoms with Gasteiger partial charge in [0.25, 0.3) is 0 Å². The van der Waals surface area contributed by atoms with Crippen LogP contribution in [0.25, 0.3) is 16.8 Å². The monoisotopic (exact) mass is 640 g/mol. The molecule has 0 aliphatic heterocycles. The van der Waals surface area contributed by atoms with E-state index >= 15 is 0 Å². The number of fused-ring (bicyclic) bond motifs is 1. The molecular weight excluding hydrogens is 593 g/mol. The molecule has 46 heavy (non-hydrogen) atoms. The number of benzene rings is 4. The highest BCUT2D eigenvalue weighted by Gasteiger charge is 2.31. The SMILES string of the molecule is CCOc1cc(N(CC)CC)ccc1C=CC=CC(c1ccc(N(CC)CC)cc1OCC)S(=O)(=O)c1cccc2ccccc12. The van der Waals surface area contributed by atoms with Crippen LogP contribution in [-0.2, 0) is 9.84 Å². The molecule has 0 amide bonds. The lowest BCUT2D eigenvalue weighted by Crippen LogP contribution is -2.22. The number of anilines is 2. The third-order valence-electron chi connectivity index (χ3n) is 8.22. The van der Waals surface area contributed by atoms with Crippen LogP contribution in [0.3, 0.4) is 0 Å². The zero-order valence-corrected chi connectivity index (χ0v) is 28.9. The summed E-state index contributed by atoms with van der Waals surface area (Å²) in [6.45, 7) is 16.8. The van der Waals surface area contributed by atoms with Crippen molar-refractivity contribution in [1.82, 2.24) is 0 Å². The maximum absolute atomic E-state index is 14.6. The second kappa shape index (κ2) is 16.4. The number of nitrogens with zero attached hydrogens (tertiary/aromatic N) is 2. The molecule has 244 valence electrons. The van der Waals surface area contributed by atoms with Crippen LogP contribution in [0.4, 0.5) is 11.4 Å². The quantitative estimate of drug-likeness (QED) is 0.114. The van der Waals surface area contributed by atoms with Gasteiger partial charge in [0.15, 0.2) is 9.84 Å². The Kier molecular flexibility index (Phi) is 12.3. The second-order valence-corrected chi connectivity index (χ2v) is 12.9. The lowest BCUT2D eigenvalue weighted by atomic mass is 10.1. The normalized spacial score (nSPS) is 12.6. The maximum Gasteiger partial charge on any atom is 0.189 e. The number of hydrogen-bond donors (Lipinski definition) is 0. The van der Waals surface area contributed by atoms with E-state index in [1.165, 1.54) is 0 Å². The number of allylic oxidation sites excluding steroid dienone is 2. The van der Waals surface area contributed by atoms with Gasteiger partial charge in [-0.1, -0.05) is 66.8 Å². The highest BCUT2D eigenvalue weighted by molar-refractivity contribution is 7.92. The van der Waals surface area contributed by atoms with E-state index in [2.05, 4.69) is 49.6 Å². The van der Waals surface area contributed by atoms with Gasteiger partial charge in [-0.25, -0.2) is 8.42 Å². The summed E-state index contributed by atoms with van der Waals surface area (Å²) in [6.07, 6.45) is 7.41. The van der Waals surface area contributed by atoms with Gasteiger partial charge in [0.1, 0.15) is 16.7 Å². The Balaban J connectivity index is 1.82. The second-order valence-electron chi connectivity index (χ2n) is 10.8. The molecule has 0 saturated carbocycles. The molecule has 0 heterocycles. The highest BCUT2D eigenvalue weighted by Crippen LogP contribution is 2.40. The standard InChI is InChI=1S/C39H48N2O4S/c1-7-40(8-2)32-25-24-31(36(28-32)44-11-5)19-14-16-22-39(35-27-26-33(41(9-3)10-4)29-37(35)45-12-6)46(42,43)38-23-17-20-30-18-13-15-21-34(30)38/h13-29,39H,7-12H2,1-6H3. The van der Waals surface area contributed by atoms with Crippen molar-refractivity contribution in [3.8, 4) is 11.5 Å². The van der Waals surface area contributed by atoms with E-state index < -0.39 is 15.1 Å². The molecule has 0 spiro atoms. The average Bonchev–Trinajstić information content (AvgIpc) is 3.07. The Hall–Kier alpha value is -4.23. The van der Waals surface area contributed by atoms with Crippen LogP contribution in [0.1, 0.15) is 57.9 Å². The Morgan fingerprint density at radius 2 is 1.26 bits per heavy atom. The number of ether oxygens (including phenoxy) is 2. The summed E-state index contributed by atoms with van der Waals surface area (Å²) in [5, 5.41) is 0.600. The molecule has 0 aromatic heterocycles. The third kappa shape index (κ3) is 7.76. The zero-order chi connectivity index (χ0) is 33.1. The fourth-order valence-electron chi connectivity index (χ4n) is 5.83. The van der Waals surface area contributed by atoms with E-state index in [4.69, 9.17) is 9.47 Å². The Bertz CT molecular complexity index is 1750. The summed E-state index contributed by atoms with van der Waals surface area (Å²) in [5.41, 5.74) is 3.64. The molecule has 0 radical (unpaired) electrons. The minimum atomic E-state index is -3.89. The highest BCUT2D eigenvalue weighted by atomic mass is 32.2. The van der Waals surface area contributed by atoms with Gasteiger partial charge in [0.2, 0.25) is 0 Å². The van der Waals surface area contributed by atoms with Gasteiger partial charge in [0.05, 0.1) is 18.1 Å². The van der Waals surface area contributed by atoms with Crippen molar-refractivity contribution in [3.63, 3.8) is 0 Å². The fourth-order valence-corrected chi connectivity index (χ4v) is 7.69. The van der Waals surface area contributed by atoms with Crippen molar-refractivity contribution < 1.29 is 17.9 Å². The number of sulfone groups is 1. The average molecular weight is 641 g/mol. The molecule has 1 atom stereocenters. The minimum Gasteiger partial charge on any atom is -0.493 e. The van der Waals surface area contributed by atoms with E-state index in [0.717, 1.165) is 54.3 Å². The molecule has 1 unspecified atom stereocenters. The van der Waals surface area contributed by atoms with Gasteiger partial charge in [-0.3, -0.25) is 0 Å². The summed E-state index contributed by atoms with van der Waals surface area (Å²) in [4.78, 5) is 4.80. The molecule has 7 heteroatoms. The van der Waals surface area contributed by atoms with Gasteiger partial charge in [-0.15, -0.1) is 0 Å². The van der Waals surface area contributed by atoms with Crippen LogP contribution < -0.4 is 19.3 Å². The molecule has 4 aromatic carbocycles. The fraction of sp³-hybridized carbons (Fsp3) is 0.333. The lowest BCUT2D eigenvalue weighted by Gasteiger charge is -2.24. The summed E-state index contributed by atoms with van der Waals surface area (Å²) in [7, 11) is -3.89. The number of rotatable bonds is 16. The Morgan fingerprint density at radius 3 is 1.91 bits per heavy atom. The lowest BCUT2D eigenvalue weighted by molar-refractivity contribution is 0.337. The maximum atomic E-state index is 14.6. The van der Waals surface area contributed by atoms with Crippen LogP contribution >= 0.6 is 0 Å². The van der Waals surface area contributed by atoms with E-state index in [-0.39, 0.29) is 0 Å². The molecule has 0 aliphatic carbocycles. The predicted octanol–water partition coefficient (Wildman–Crippen LogP) is 9.11. The van der Waals surface area contributed by atoms with Gasteiger partial charge in [0, 0.05) is 66.2 Å². The molecular formula is C39H48N2O4S. The summed E-state index contributed by atoms with van der Waals surface area (Å²) >= 11 is 0. The molecule has 6 nitrogen and oxygen atoms in total. The first-order valence-corrected chi connectivity index (χ1v) is 18.0. The summed E-state index contributed by atoms with van der Waals surface area (Å²) in [5.74, 6) is 1.36. The zero-order valence-electron chi connectivity index (χ0n) is 28.1. The van der Waals surface area contributed by atoms with Crippen molar-refractivity contribution in [2.45, 2.75) is 51.7 Å². The van der Waals surface area contributed by atoms with Crippen LogP contribution in [0, 0.1) is 0 Å². The third-order valence-corrected chi connectivity index (χ3v) is 10.3. The van der Waals surface area contributed by atoms with E-state index in [1.54, 1.807) is 18.2 Å². The first kappa shape index (κ1) is 34.6. The van der Waals surface area contributed by atoms with Gasteiger partial charge < -0.3 is 19.3 Å². The van der Waals surface area contributed by atoms with E-state index in [0.29, 0.717) is 34.8 Å². The smallest absolute Gasteiger partial charge is 0.189 e. The first-order chi connectivity index (χ1) is 22.3. The molecule has 0 saturated heterocycles. The topological polar surface area (TPSA) is 59.1 Å². The molecule has 0 N–H and O–H groups in total. The summed E-state index contributed by atoms with van der Waals surface area (Å²) < 4.78 is 41.4. The van der Waals surface area contributed by atoms with E-state index in [1.807, 2.05) is 86.7 Å². The van der Waals surface area contributed by atoms with Crippen molar-refractivity contribution in [2.24, 2.45) is 0 Å². The molecule has 4 aromatic rings. The van der Waals surface area contributed by atoms with Crippen LogP contribution in [0.15, 0.2) is 102 Å². The molecule has 0 bridgehead atoms. The summed E-state index contributed by atoms with van der Waals surface area (Å²) in [6, 6.07) is 25.1. The molecule has 0 aliphatic rings. The van der Waals surface area contributed by atoms with Crippen molar-refractivity contribution in [1.29, 1.82) is 0 Å². The Morgan fingerprint density at radius 1 is 0.674 bits per heavy atom. The van der Waals surface area contributed by atoms with Gasteiger partial charge in [-0.2, -0.15) is 0 Å². The van der Waals surface area contributed by atoms with Gasteiger partial charge in [-0.05, 0) is 71.2 Å².